The van der Waals surface area contributed by atoms with Crippen LogP contribution in [0, 0.1) is 5.41 Å². The van der Waals surface area contributed by atoms with Crippen molar-refractivity contribution in [2.75, 3.05) is 4.72 Å². The van der Waals surface area contributed by atoms with E-state index in [2.05, 4.69) is 45.4 Å². The zero-order valence-electron chi connectivity index (χ0n) is 19.9. The number of hydrogen-bond acceptors (Lipinski definition) is 5. The van der Waals surface area contributed by atoms with E-state index in [9.17, 15) is 0 Å². The maximum absolute atomic E-state index is 6.64. The fraction of sp³-hybridized carbons (Fsp3) is 0.769. The maximum atomic E-state index is 6.64. The van der Waals surface area contributed by atoms with E-state index in [0.717, 1.165) is 22.6 Å². The van der Waals surface area contributed by atoms with Gasteiger partial charge in [0.25, 0.3) is 0 Å². The number of hydrogen-bond donors (Lipinski definition) is 1. The van der Waals surface area contributed by atoms with Gasteiger partial charge < -0.3 is 4.74 Å². The Morgan fingerprint density at radius 2 is 1.72 bits per heavy atom. The van der Waals surface area contributed by atoms with Crippen LogP contribution in [-0.2, 0) is 0 Å². The Balaban J connectivity index is 0.000000684. The standard InChI is InChI=1S/C23H32N4OS.C3H8/c1-2-10-23(11-3-1)12-8-17(9-13-23)28-20-14-21-24-25-22(26-29-18-6-7-18)27(21)15-19(20)16-4-5-16;1-3-2/h14-18H,1-13H2,(H,25,26);3H2,1-2H3. The first-order chi connectivity index (χ1) is 15.7. The van der Waals surface area contributed by atoms with Gasteiger partial charge in [-0.3, -0.25) is 9.12 Å². The Hall–Kier alpha value is -1.43. The Morgan fingerprint density at radius 1 is 1.00 bits per heavy atom. The van der Waals surface area contributed by atoms with Crippen LogP contribution < -0.4 is 9.46 Å². The molecule has 4 saturated carbocycles. The molecule has 0 aromatic carbocycles. The predicted molar refractivity (Wildman–Crippen MR) is 134 cm³/mol. The Bertz CT molecular complexity index is 889. The highest BCUT2D eigenvalue weighted by Crippen LogP contribution is 2.49. The van der Waals surface area contributed by atoms with Gasteiger partial charge in [0.05, 0.1) is 6.10 Å². The maximum Gasteiger partial charge on any atom is 0.239 e. The highest BCUT2D eigenvalue weighted by molar-refractivity contribution is 8.01. The van der Waals surface area contributed by atoms with Crippen molar-refractivity contribution >= 4 is 23.5 Å². The second kappa shape index (κ2) is 9.82. The Kier molecular flexibility index (Phi) is 6.87. The predicted octanol–water partition coefficient (Wildman–Crippen LogP) is 7.52. The fourth-order valence-electron chi connectivity index (χ4n) is 5.43. The average Bonchev–Trinajstić information content (AvgIpc) is 3.74. The van der Waals surface area contributed by atoms with Crippen LogP contribution in [0.3, 0.4) is 0 Å². The summed E-state index contributed by atoms with van der Waals surface area (Å²) in [6.45, 7) is 4.25. The van der Waals surface area contributed by atoms with Crippen molar-refractivity contribution in [3.05, 3.63) is 17.8 Å². The molecular weight excluding hydrogens is 416 g/mol. The van der Waals surface area contributed by atoms with Crippen LogP contribution in [-0.4, -0.2) is 26.0 Å². The van der Waals surface area contributed by atoms with Crippen LogP contribution in [0.2, 0.25) is 0 Å². The molecule has 2 heterocycles. The number of ether oxygens (including phenoxy) is 1. The van der Waals surface area contributed by atoms with Gasteiger partial charge in [0.15, 0.2) is 5.65 Å². The van der Waals surface area contributed by atoms with Crippen LogP contribution in [0.1, 0.15) is 115 Å². The largest absolute Gasteiger partial charge is 0.490 e. The van der Waals surface area contributed by atoms with Gasteiger partial charge in [-0.15, -0.1) is 10.2 Å². The minimum absolute atomic E-state index is 0.369. The molecule has 5 nitrogen and oxygen atoms in total. The number of pyridine rings is 1. The SMILES string of the molecule is CCC.c1c(OC2CCC3(CCCCC3)CC2)c(C2CC2)cn2c(NSC3CC3)nnc12. The molecule has 1 N–H and O–H groups in total. The van der Waals surface area contributed by atoms with E-state index in [1.807, 2.05) is 0 Å². The molecule has 0 bridgehead atoms. The smallest absolute Gasteiger partial charge is 0.239 e. The van der Waals surface area contributed by atoms with Crippen LogP contribution in [0.4, 0.5) is 5.95 Å². The van der Waals surface area contributed by atoms with Crippen molar-refractivity contribution in [3.8, 4) is 5.75 Å². The lowest BCUT2D eigenvalue weighted by Gasteiger charge is -2.43. The quantitative estimate of drug-likeness (QED) is 0.456. The van der Waals surface area contributed by atoms with Crippen LogP contribution in [0.15, 0.2) is 12.3 Å². The highest BCUT2D eigenvalue weighted by atomic mass is 32.2. The molecule has 0 radical (unpaired) electrons. The zero-order valence-corrected chi connectivity index (χ0v) is 20.8. The Labute approximate surface area is 197 Å². The molecule has 4 fully saturated rings. The monoisotopic (exact) mass is 456 g/mol. The van der Waals surface area contributed by atoms with Gasteiger partial charge in [-0.1, -0.05) is 39.5 Å². The summed E-state index contributed by atoms with van der Waals surface area (Å²) in [4.78, 5) is 0. The highest BCUT2D eigenvalue weighted by Gasteiger charge is 2.37. The third kappa shape index (κ3) is 5.21. The van der Waals surface area contributed by atoms with Crippen molar-refractivity contribution in [3.63, 3.8) is 0 Å². The van der Waals surface area contributed by atoms with Crippen LogP contribution >= 0.6 is 11.9 Å². The molecule has 0 aliphatic heterocycles. The van der Waals surface area contributed by atoms with Gasteiger partial charge in [-0.05, 0) is 87.5 Å². The second-order valence-electron chi connectivity index (χ2n) is 10.6. The molecule has 1 spiro atoms. The summed E-state index contributed by atoms with van der Waals surface area (Å²) in [5.41, 5.74) is 2.89. The molecule has 0 atom stereocenters. The van der Waals surface area contributed by atoms with Crippen LogP contribution in [0.25, 0.3) is 5.65 Å². The number of fused-ring (bicyclic) bond motifs is 1. The molecule has 32 heavy (non-hydrogen) atoms. The average molecular weight is 457 g/mol. The molecule has 4 aliphatic carbocycles. The molecule has 6 rings (SSSR count). The third-order valence-electron chi connectivity index (χ3n) is 7.59. The van der Waals surface area contributed by atoms with Crippen molar-refractivity contribution in [2.45, 2.75) is 121 Å². The second-order valence-corrected chi connectivity index (χ2v) is 11.7. The van der Waals surface area contributed by atoms with E-state index in [0.29, 0.717) is 17.4 Å². The third-order valence-corrected chi connectivity index (χ3v) is 8.70. The summed E-state index contributed by atoms with van der Waals surface area (Å²) in [6, 6.07) is 2.14. The van der Waals surface area contributed by atoms with E-state index >= 15 is 0 Å². The minimum Gasteiger partial charge on any atom is -0.490 e. The molecule has 0 amide bonds. The van der Waals surface area contributed by atoms with E-state index in [4.69, 9.17) is 4.74 Å². The van der Waals surface area contributed by atoms with Crippen molar-refractivity contribution in [2.24, 2.45) is 5.41 Å². The molecule has 176 valence electrons. The first-order valence-electron chi connectivity index (χ1n) is 13.2. The molecule has 4 aliphatic rings. The van der Waals surface area contributed by atoms with Gasteiger partial charge in [0, 0.05) is 23.1 Å². The van der Waals surface area contributed by atoms with Crippen molar-refractivity contribution in [1.82, 2.24) is 14.6 Å². The molecule has 2 aromatic heterocycles. The zero-order chi connectivity index (χ0) is 22.0. The summed E-state index contributed by atoms with van der Waals surface area (Å²) in [7, 11) is 0. The molecule has 2 aromatic rings. The lowest BCUT2D eigenvalue weighted by molar-refractivity contribution is 0.0519. The fourth-order valence-corrected chi connectivity index (χ4v) is 6.21. The van der Waals surface area contributed by atoms with Gasteiger partial charge in [0.1, 0.15) is 5.75 Å². The molecule has 6 heteroatoms. The van der Waals surface area contributed by atoms with Gasteiger partial charge in [-0.25, -0.2) is 0 Å². The summed E-state index contributed by atoms with van der Waals surface area (Å²) in [6.07, 6.45) is 21.4. The number of nitrogens with one attached hydrogen (secondary N) is 1. The summed E-state index contributed by atoms with van der Waals surface area (Å²) in [5.74, 6) is 2.56. The molecule has 0 unspecified atom stereocenters. The van der Waals surface area contributed by atoms with E-state index in [1.54, 1.807) is 11.9 Å². The Morgan fingerprint density at radius 3 is 2.38 bits per heavy atom. The van der Waals surface area contributed by atoms with E-state index < -0.39 is 0 Å². The first-order valence-corrected chi connectivity index (χ1v) is 14.0. The topological polar surface area (TPSA) is 51.5 Å². The summed E-state index contributed by atoms with van der Waals surface area (Å²) in [5, 5.41) is 9.55. The van der Waals surface area contributed by atoms with Crippen LogP contribution in [0.5, 0.6) is 5.75 Å². The normalized spacial score (nSPS) is 23.1. The molecular formula is C26H40N4OS. The number of nitrogens with zero attached hydrogens (tertiary/aromatic N) is 3. The lowest BCUT2D eigenvalue weighted by atomic mass is 9.65. The van der Waals surface area contributed by atoms with E-state index in [1.165, 1.54) is 95.5 Å². The van der Waals surface area contributed by atoms with Gasteiger partial charge in [-0.2, -0.15) is 0 Å². The summed E-state index contributed by atoms with van der Waals surface area (Å²) < 4.78 is 12.2. The molecule has 0 saturated heterocycles. The summed E-state index contributed by atoms with van der Waals surface area (Å²) >= 11 is 1.78. The van der Waals surface area contributed by atoms with Gasteiger partial charge >= 0.3 is 0 Å². The number of rotatable bonds is 6. The van der Waals surface area contributed by atoms with E-state index in [-0.39, 0.29) is 0 Å². The van der Waals surface area contributed by atoms with Crippen molar-refractivity contribution in [1.29, 1.82) is 0 Å². The van der Waals surface area contributed by atoms with Crippen molar-refractivity contribution < 1.29 is 4.74 Å². The lowest BCUT2D eigenvalue weighted by Crippen LogP contribution is -2.34. The number of aromatic nitrogens is 3. The van der Waals surface area contributed by atoms with Gasteiger partial charge in [0.2, 0.25) is 5.95 Å². The first kappa shape index (κ1) is 22.4. The number of anilines is 1. The minimum atomic E-state index is 0.369.